The van der Waals surface area contributed by atoms with Gasteiger partial charge in [0.15, 0.2) is 0 Å². The molecule has 0 bridgehead atoms. The summed E-state index contributed by atoms with van der Waals surface area (Å²) < 4.78 is 46.6. The van der Waals surface area contributed by atoms with E-state index >= 15 is 0 Å². The molecule has 44 heavy (non-hydrogen) atoms. The minimum atomic E-state index is -2.64. The zero-order chi connectivity index (χ0) is 31.6. The molecule has 1 spiro atoms. The van der Waals surface area contributed by atoms with Crippen LogP contribution in [0.4, 0.5) is 13.6 Å². The maximum atomic E-state index is 14.3. The van der Waals surface area contributed by atoms with Gasteiger partial charge in [-0.05, 0) is 87.9 Å². The number of aromatic nitrogens is 2. The highest BCUT2D eigenvalue weighted by Gasteiger charge is 2.58. The first-order valence-electron chi connectivity index (χ1n) is 15.0. The summed E-state index contributed by atoms with van der Waals surface area (Å²) >= 11 is 0. The van der Waals surface area contributed by atoms with Crippen LogP contribution in [0, 0.1) is 12.3 Å². The fourth-order valence-electron chi connectivity index (χ4n) is 7.36. The summed E-state index contributed by atoms with van der Waals surface area (Å²) in [6, 6.07) is 9.15. The lowest BCUT2D eigenvalue weighted by atomic mass is 9.59. The maximum Gasteiger partial charge on any atom is 0.419 e. The summed E-state index contributed by atoms with van der Waals surface area (Å²) in [5.41, 5.74) is 3.61. The normalized spacial score (nSPS) is 19.7. The number of hydrogen-bond donors (Lipinski definition) is 1. The van der Waals surface area contributed by atoms with Crippen LogP contribution in [0.2, 0.25) is 0 Å². The second-order valence-corrected chi connectivity index (χ2v) is 13.4. The van der Waals surface area contributed by atoms with E-state index in [0.717, 1.165) is 38.5 Å². The van der Waals surface area contributed by atoms with Gasteiger partial charge in [-0.15, -0.1) is 0 Å². The Morgan fingerprint density at radius 3 is 2.50 bits per heavy atom. The third-order valence-electron chi connectivity index (χ3n) is 9.18. The van der Waals surface area contributed by atoms with Crippen molar-refractivity contribution in [3.05, 3.63) is 65.0 Å². The molecule has 10 heteroatoms. The molecule has 1 saturated heterocycles. The van der Waals surface area contributed by atoms with Crippen molar-refractivity contribution >= 4 is 33.9 Å². The van der Waals surface area contributed by atoms with Gasteiger partial charge < -0.3 is 19.2 Å². The smallest absolute Gasteiger partial charge is 0.419 e. The molecule has 3 heterocycles. The van der Waals surface area contributed by atoms with Gasteiger partial charge in [-0.2, -0.15) is 0 Å². The van der Waals surface area contributed by atoms with Gasteiger partial charge in [-0.25, -0.2) is 18.4 Å². The van der Waals surface area contributed by atoms with Gasteiger partial charge in [0.25, 0.3) is 0 Å². The van der Waals surface area contributed by atoms with Crippen molar-refractivity contribution in [2.45, 2.75) is 77.5 Å². The Morgan fingerprint density at radius 1 is 1.09 bits per heavy atom. The Bertz CT molecular complexity index is 1760. The number of esters is 1. The molecule has 2 aromatic heterocycles. The van der Waals surface area contributed by atoms with E-state index in [9.17, 15) is 18.4 Å². The van der Waals surface area contributed by atoms with Crippen molar-refractivity contribution in [2.75, 3.05) is 20.8 Å². The van der Waals surface area contributed by atoms with E-state index in [0.29, 0.717) is 37.2 Å². The predicted molar refractivity (Wildman–Crippen MR) is 163 cm³/mol. The van der Waals surface area contributed by atoms with Crippen LogP contribution in [0.1, 0.15) is 79.5 Å². The molecule has 6 rings (SSSR count). The van der Waals surface area contributed by atoms with Gasteiger partial charge >= 0.3 is 12.1 Å². The highest BCUT2D eigenvalue weighted by atomic mass is 19.3. The van der Waals surface area contributed by atoms with Crippen LogP contribution >= 0.6 is 0 Å². The average molecular weight is 608 g/mol. The van der Waals surface area contributed by atoms with Crippen molar-refractivity contribution < 1.29 is 32.6 Å². The van der Waals surface area contributed by atoms with E-state index in [1.54, 1.807) is 25.6 Å². The molecule has 1 atom stereocenters. The number of carbonyl (C=O) groups is 2. The molecule has 2 fully saturated rings. The van der Waals surface area contributed by atoms with Gasteiger partial charge in [-0.1, -0.05) is 6.07 Å². The van der Waals surface area contributed by atoms with E-state index in [-0.39, 0.29) is 18.9 Å². The molecular formula is C34H39F2N3O5. The zero-order valence-corrected chi connectivity index (χ0v) is 26.1. The fourth-order valence-corrected chi connectivity index (χ4v) is 7.36. The number of nitrogens with zero attached hydrogens (tertiary/aromatic N) is 2. The summed E-state index contributed by atoms with van der Waals surface area (Å²) in [5.74, 6) is -2.38. The second-order valence-electron chi connectivity index (χ2n) is 13.4. The van der Waals surface area contributed by atoms with Crippen molar-refractivity contribution in [3.63, 3.8) is 0 Å². The Morgan fingerprint density at radius 2 is 1.84 bits per heavy atom. The zero-order valence-electron chi connectivity index (χ0n) is 26.1. The minimum Gasteiger partial charge on any atom is -0.496 e. The van der Waals surface area contributed by atoms with Crippen LogP contribution in [-0.2, 0) is 16.0 Å². The highest BCUT2D eigenvalue weighted by Crippen LogP contribution is 2.61. The first-order valence-corrected chi connectivity index (χ1v) is 15.0. The molecule has 0 unspecified atom stereocenters. The minimum absolute atomic E-state index is 0.116. The molecule has 234 valence electrons. The molecule has 0 radical (unpaired) electrons. The molecule has 2 aromatic carbocycles. The number of hydrogen-bond acceptors (Lipinski definition) is 6. The Kier molecular flexibility index (Phi) is 7.26. The molecule has 2 aliphatic rings. The predicted octanol–water partition coefficient (Wildman–Crippen LogP) is 7.76. The van der Waals surface area contributed by atoms with Crippen LogP contribution in [0.15, 0.2) is 42.7 Å². The highest BCUT2D eigenvalue weighted by molar-refractivity contribution is 6.04. The summed E-state index contributed by atoms with van der Waals surface area (Å²) in [6.07, 6.45) is 4.03. The lowest BCUT2D eigenvalue weighted by Gasteiger charge is -2.54. The molecule has 1 aliphatic heterocycles. The van der Waals surface area contributed by atoms with Gasteiger partial charge in [0.1, 0.15) is 11.4 Å². The first-order chi connectivity index (χ1) is 20.7. The van der Waals surface area contributed by atoms with Crippen LogP contribution < -0.4 is 4.74 Å². The molecule has 1 saturated carbocycles. The van der Waals surface area contributed by atoms with Crippen LogP contribution in [-0.4, -0.2) is 58.8 Å². The summed E-state index contributed by atoms with van der Waals surface area (Å²) in [4.78, 5) is 31.3. The van der Waals surface area contributed by atoms with Gasteiger partial charge in [0, 0.05) is 54.2 Å². The van der Waals surface area contributed by atoms with E-state index in [1.165, 1.54) is 11.7 Å². The molecular weight excluding hydrogens is 568 g/mol. The van der Waals surface area contributed by atoms with Crippen LogP contribution in [0.3, 0.4) is 0 Å². The number of H-pyrrole nitrogens is 1. The number of fused-ring (bicyclic) bond motifs is 2. The fraction of sp³-hybridized carbons (Fsp3) is 0.471. The van der Waals surface area contributed by atoms with Crippen LogP contribution in [0.5, 0.6) is 5.75 Å². The Labute approximate surface area is 255 Å². The van der Waals surface area contributed by atoms with Crippen molar-refractivity contribution in [3.8, 4) is 5.75 Å². The van der Waals surface area contributed by atoms with E-state index < -0.39 is 29.0 Å². The van der Waals surface area contributed by atoms with E-state index in [2.05, 4.69) is 9.88 Å². The molecule has 1 aliphatic carbocycles. The third kappa shape index (κ3) is 5.23. The molecule has 4 aromatic rings. The van der Waals surface area contributed by atoms with Crippen molar-refractivity contribution in [1.82, 2.24) is 14.5 Å². The first kappa shape index (κ1) is 30.1. The lowest BCUT2D eigenvalue weighted by molar-refractivity contribution is -0.186. The SMILES string of the molecule is COC(=O)c1ccc([C@H]2CC3(CCN2Cc2c(OC)cc(C)c4c2ccn4C(=O)OC(C)(C)C)CC(F)(F)C3)c2[nH]ccc12. The van der Waals surface area contributed by atoms with Gasteiger partial charge in [0.2, 0.25) is 5.92 Å². The summed E-state index contributed by atoms with van der Waals surface area (Å²) in [6.45, 7) is 8.50. The molecule has 8 nitrogen and oxygen atoms in total. The molecule has 0 amide bonds. The topological polar surface area (TPSA) is 85.8 Å². The average Bonchev–Trinajstić information content (AvgIpc) is 3.61. The number of benzene rings is 2. The Balaban J connectivity index is 1.43. The number of aromatic amines is 1. The number of alkyl halides is 2. The largest absolute Gasteiger partial charge is 0.496 e. The number of halogens is 2. The van der Waals surface area contributed by atoms with Crippen molar-refractivity contribution in [2.24, 2.45) is 5.41 Å². The second kappa shape index (κ2) is 10.6. The Hall–Kier alpha value is -3.92. The number of likely N-dealkylation sites (tertiary alicyclic amines) is 1. The number of carbonyl (C=O) groups excluding carboxylic acids is 2. The molecule has 1 N–H and O–H groups in total. The number of methoxy groups -OCH3 is 2. The number of ether oxygens (including phenoxy) is 3. The van der Waals surface area contributed by atoms with E-state index in [4.69, 9.17) is 14.2 Å². The van der Waals surface area contributed by atoms with Crippen molar-refractivity contribution in [1.29, 1.82) is 0 Å². The third-order valence-corrected chi connectivity index (χ3v) is 9.18. The maximum absolute atomic E-state index is 14.3. The summed E-state index contributed by atoms with van der Waals surface area (Å²) in [7, 11) is 2.98. The number of nitrogens with one attached hydrogen (secondary N) is 1. The number of rotatable bonds is 5. The summed E-state index contributed by atoms with van der Waals surface area (Å²) in [5, 5.41) is 1.60. The van der Waals surface area contributed by atoms with Gasteiger partial charge in [-0.3, -0.25) is 9.47 Å². The lowest BCUT2D eigenvalue weighted by Crippen LogP contribution is -2.53. The number of piperidine rings is 1. The van der Waals surface area contributed by atoms with E-state index in [1.807, 2.05) is 52.0 Å². The quantitative estimate of drug-likeness (QED) is 0.234. The van der Waals surface area contributed by atoms with Gasteiger partial charge in [0.05, 0.1) is 30.8 Å². The number of aryl methyl sites for hydroxylation is 1. The monoisotopic (exact) mass is 607 g/mol. The standard InChI is InChI=1S/C34H39F2N3O5/c1-20-15-27(42-5)25(22-10-13-39(29(20)22)31(41)44-32(2,3)4)17-38-14-11-33(18-34(35,36)19-33)16-26(38)24-8-7-23(30(40)43-6)21-9-12-37-28(21)24/h7-10,12-13,15,26,37H,11,14,16-19H2,1-6H3/t26-/m1/s1. The van der Waals surface area contributed by atoms with Crippen LogP contribution in [0.25, 0.3) is 21.8 Å².